The molecule has 2 N–H and O–H groups in total. The number of aryl methyl sites for hydroxylation is 1. The van der Waals surface area contributed by atoms with Crippen LogP contribution >= 0.6 is 11.8 Å². The molecule has 0 aromatic heterocycles. The van der Waals surface area contributed by atoms with Crippen molar-refractivity contribution < 1.29 is 18.0 Å². The molecule has 0 radical (unpaired) electrons. The Morgan fingerprint density at radius 2 is 2.04 bits per heavy atom. The van der Waals surface area contributed by atoms with Crippen LogP contribution in [0.4, 0.5) is 11.4 Å². The van der Waals surface area contributed by atoms with Gasteiger partial charge in [-0.05, 0) is 42.8 Å². The molecule has 1 aliphatic rings. The van der Waals surface area contributed by atoms with E-state index in [0.717, 1.165) is 10.5 Å². The van der Waals surface area contributed by atoms with Crippen LogP contribution in [0.3, 0.4) is 0 Å². The van der Waals surface area contributed by atoms with E-state index in [1.165, 1.54) is 23.9 Å². The van der Waals surface area contributed by atoms with Crippen molar-refractivity contribution in [2.24, 2.45) is 5.92 Å². The van der Waals surface area contributed by atoms with Gasteiger partial charge in [-0.2, -0.15) is 0 Å². The minimum Gasteiger partial charge on any atom is -0.326 e. The van der Waals surface area contributed by atoms with Crippen molar-refractivity contribution in [2.75, 3.05) is 22.1 Å². The molecular formula is C20H22N2O4S2. The maximum Gasteiger partial charge on any atom is 0.228 e. The Kier molecular flexibility index (Phi) is 6.10. The second-order valence-electron chi connectivity index (χ2n) is 6.85. The molecular weight excluding hydrogens is 396 g/mol. The van der Waals surface area contributed by atoms with Gasteiger partial charge in [-0.15, -0.1) is 11.8 Å². The van der Waals surface area contributed by atoms with E-state index in [1.54, 1.807) is 12.1 Å². The van der Waals surface area contributed by atoms with Gasteiger partial charge in [-0.1, -0.05) is 19.1 Å². The molecule has 0 saturated carbocycles. The highest BCUT2D eigenvalue weighted by molar-refractivity contribution is 7.99. The van der Waals surface area contributed by atoms with E-state index < -0.39 is 9.84 Å². The Bertz CT molecular complexity index is 1020. The van der Waals surface area contributed by atoms with Crippen LogP contribution in [0.5, 0.6) is 0 Å². The largest absolute Gasteiger partial charge is 0.326 e. The molecule has 6 nitrogen and oxygen atoms in total. The lowest BCUT2D eigenvalue weighted by Crippen LogP contribution is -2.20. The zero-order chi connectivity index (χ0) is 20.3. The van der Waals surface area contributed by atoms with Gasteiger partial charge >= 0.3 is 0 Å². The van der Waals surface area contributed by atoms with E-state index in [4.69, 9.17) is 0 Å². The van der Waals surface area contributed by atoms with Crippen molar-refractivity contribution in [3.63, 3.8) is 0 Å². The number of carbonyl (C=O) groups is 2. The summed E-state index contributed by atoms with van der Waals surface area (Å²) in [5.41, 5.74) is 2.15. The monoisotopic (exact) mass is 418 g/mol. The molecule has 3 rings (SSSR count). The van der Waals surface area contributed by atoms with Gasteiger partial charge < -0.3 is 10.6 Å². The summed E-state index contributed by atoms with van der Waals surface area (Å²) in [4.78, 5) is 25.1. The first-order valence-corrected chi connectivity index (χ1v) is 11.6. The number of hydrogen-bond donors (Lipinski definition) is 2. The average Bonchev–Trinajstić information content (AvgIpc) is 2.78. The SMILES string of the molecule is Cc1cccc(NC(=O)CCS(=O)(=O)c2ccc3c(c2)NC(=O)[C@H](C)CS3)c1. The number of rotatable bonds is 5. The third kappa shape index (κ3) is 4.94. The Hall–Kier alpha value is -2.32. The lowest BCUT2D eigenvalue weighted by atomic mass is 10.2. The smallest absolute Gasteiger partial charge is 0.228 e. The van der Waals surface area contributed by atoms with E-state index in [2.05, 4.69) is 10.6 Å². The second-order valence-corrected chi connectivity index (χ2v) is 10.0. The molecule has 0 saturated heterocycles. The van der Waals surface area contributed by atoms with Gasteiger partial charge in [0.15, 0.2) is 9.84 Å². The summed E-state index contributed by atoms with van der Waals surface area (Å²) in [5, 5.41) is 5.50. The third-order valence-corrected chi connectivity index (χ3v) is 7.45. The highest BCUT2D eigenvalue weighted by Gasteiger charge is 2.23. The summed E-state index contributed by atoms with van der Waals surface area (Å²) in [6.07, 6.45) is -0.147. The van der Waals surface area contributed by atoms with E-state index >= 15 is 0 Å². The number of fused-ring (bicyclic) bond motifs is 1. The molecule has 1 atom stereocenters. The molecule has 0 fully saturated rings. The predicted molar refractivity (Wildman–Crippen MR) is 111 cm³/mol. The first-order chi connectivity index (χ1) is 13.2. The fraction of sp³-hybridized carbons (Fsp3) is 0.300. The molecule has 0 aliphatic carbocycles. The first kappa shape index (κ1) is 20.4. The van der Waals surface area contributed by atoms with E-state index in [0.29, 0.717) is 17.1 Å². The molecule has 2 aromatic carbocycles. The van der Waals surface area contributed by atoms with Crippen LogP contribution in [0.25, 0.3) is 0 Å². The van der Waals surface area contributed by atoms with Gasteiger partial charge in [0.25, 0.3) is 0 Å². The average molecular weight is 419 g/mol. The summed E-state index contributed by atoms with van der Waals surface area (Å²) in [7, 11) is -3.65. The summed E-state index contributed by atoms with van der Waals surface area (Å²) < 4.78 is 25.3. The van der Waals surface area contributed by atoms with E-state index in [-0.39, 0.29) is 34.8 Å². The van der Waals surface area contributed by atoms with Gasteiger partial charge in [-0.3, -0.25) is 9.59 Å². The van der Waals surface area contributed by atoms with Crippen molar-refractivity contribution in [2.45, 2.75) is 30.1 Å². The summed E-state index contributed by atoms with van der Waals surface area (Å²) in [6, 6.07) is 12.0. The number of carbonyl (C=O) groups excluding carboxylic acids is 2. The fourth-order valence-corrected chi connectivity index (χ4v) is 5.04. The molecule has 1 aliphatic heterocycles. The highest BCUT2D eigenvalue weighted by Crippen LogP contribution is 2.34. The second kappa shape index (κ2) is 8.36. The number of sulfone groups is 1. The summed E-state index contributed by atoms with van der Waals surface area (Å²) >= 11 is 1.52. The number of amides is 2. The van der Waals surface area contributed by atoms with Crippen LogP contribution in [0, 0.1) is 12.8 Å². The Labute approximate surface area is 169 Å². The summed E-state index contributed by atoms with van der Waals surface area (Å²) in [6.45, 7) is 3.75. The van der Waals surface area contributed by atoms with Gasteiger partial charge in [0.1, 0.15) is 0 Å². The molecule has 0 unspecified atom stereocenters. The number of hydrogen-bond acceptors (Lipinski definition) is 5. The molecule has 0 bridgehead atoms. The molecule has 2 amide bonds. The molecule has 1 heterocycles. The maximum atomic E-state index is 12.7. The van der Waals surface area contributed by atoms with Crippen molar-refractivity contribution in [3.05, 3.63) is 48.0 Å². The van der Waals surface area contributed by atoms with Gasteiger partial charge in [0, 0.05) is 28.7 Å². The fourth-order valence-electron chi connectivity index (χ4n) is 2.76. The van der Waals surface area contributed by atoms with Crippen LogP contribution in [0.1, 0.15) is 18.9 Å². The third-order valence-electron chi connectivity index (χ3n) is 4.40. The lowest BCUT2D eigenvalue weighted by molar-refractivity contribution is -0.118. The Morgan fingerprint density at radius 1 is 1.25 bits per heavy atom. The number of nitrogens with one attached hydrogen (secondary N) is 2. The number of anilines is 2. The van der Waals surface area contributed by atoms with Crippen molar-refractivity contribution in [1.82, 2.24) is 0 Å². The normalized spacial score (nSPS) is 16.6. The van der Waals surface area contributed by atoms with Crippen LogP contribution in [-0.2, 0) is 19.4 Å². The Balaban J connectivity index is 1.68. The zero-order valence-electron chi connectivity index (χ0n) is 15.7. The van der Waals surface area contributed by atoms with Crippen LogP contribution in [0.15, 0.2) is 52.3 Å². The van der Waals surface area contributed by atoms with Gasteiger partial charge in [0.2, 0.25) is 11.8 Å². The minimum absolute atomic E-state index is 0.102. The first-order valence-electron chi connectivity index (χ1n) is 8.91. The molecule has 2 aromatic rings. The predicted octanol–water partition coefficient (Wildman–Crippen LogP) is 3.48. The molecule has 0 spiro atoms. The van der Waals surface area contributed by atoms with Crippen LogP contribution < -0.4 is 10.6 Å². The van der Waals surface area contributed by atoms with Crippen molar-refractivity contribution in [1.29, 1.82) is 0 Å². The minimum atomic E-state index is -3.65. The maximum absolute atomic E-state index is 12.7. The van der Waals surface area contributed by atoms with E-state index in [1.807, 2.05) is 32.0 Å². The zero-order valence-corrected chi connectivity index (χ0v) is 17.3. The number of benzene rings is 2. The molecule has 148 valence electrons. The van der Waals surface area contributed by atoms with Crippen molar-refractivity contribution >= 4 is 44.8 Å². The topological polar surface area (TPSA) is 92.3 Å². The molecule has 8 heteroatoms. The lowest BCUT2D eigenvalue weighted by Gasteiger charge is -2.10. The summed E-state index contributed by atoms with van der Waals surface area (Å²) in [5.74, 6) is -0.298. The standard InChI is InChI=1S/C20H22N2O4S2/c1-13-4-3-5-15(10-13)21-19(23)8-9-28(25,26)16-6-7-18-17(11-16)22-20(24)14(2)12-27-18/h3-7,10-11,14H,8-9,12H2,1-2H3,(H,21,23)(H,22,24)/t14-/m1/s1. The van der Waals surface area contributed by atoms with Crippen molar-refractivity contribution in [3.8, 4) is 0 Å². The van der Waals surface area contributed by atoms with Crippen LogP contribution in [-0.4, -0.2) is 31.7 Å². The van der Waals surface area contributed by atoms with E-state index in [9.17, 15) is 18.0 Å². The Morgan fingerprint density at radius 3 is 2.79 bits per heavy atom. The van der Waals surface area contributed by atoms with Crippen LogP contribution in [0.2, 0.25) is 0 Å². The highest BCUT2D eigenvalue weighted by atomic mass is 32.2. The molecule has 28 heavy (non-hydrogen) atoms. The quantitative estimate of drug-likeness (QED) is 0.776. The van der Waals surface area contributed by atoms with Gasteiger partial charge in [-0.25, -0.2) is 8.42 Å². The number of thioether (sulfide) groups is 1. The van der Waals surface area contributed by atoms with Gasteiger partial charge in [0.05, 0.1) is 16.3 Å².